The van der Waals surface area contributed by atoms with Gasteiger partial charge in [-0.2, -0.15) is 0 Å². The predicted molar refractivity (Wildman–Crippen MR) is 68.5 cm³/mol. The molecule has 2 heterocycles. The Kier molecular flexibility index (Phi) is 2.74. The summed E-state index contributed by atoms with van der Waals surface area (Å²) in [4.78, 5) is 4.13. The van der Waals surface area contributed by atoms with Crippen LogP contribution in [-0.2, 0) is 7.05 Å². The van der Waals surface area contributed by atoms with Gasteiger partial charge in [0.15, 0.2) is 0 Å². The van der Waals surface area contributed by atoms with Gasteiger partial charge in [-0.3, -0.25) is 0 Å². The number of imidazole rings is 1. The molecular weight excluding hydrogens is 266 g/mol. The first-order valence-corrected chi connectivity index (χ1v) is 5.74. The summed E-state index contributed by atoms with van der Waals surface area (Å²) in [6, 6.07) is 3.12. The van der Waals surface area contributed by atoms with Crippen LogP contribution in [0.4, 0.5) is 14.7 Å². The van der Waals surface area contributed by atoms with Crippen molar-refractivity contribution in [2.75, 3.05) is 5.73 Å². The Hall–Kier alpha value is -2.70. The Bertz CT molecular complexity index is 758. The van der Waals surface area contributed by atoms with E-state index in [-0.39, 0.29) is 11.4 Å². The fourth-order valence-corrected chi connectivity index (χ4v) is 1.99. The Morgan fingerprint density at radius 3 is 2.50 bits per heavy atom. The normalized spacial score (nSPS) is 10.9. The van der Waals surface area contributed by atoms with E-state index < -0.39 is 11.6 Å². The molecule has 0 radical (unpaired) electrons. The summed E-state index contributed by atoms with van der Waals surface area (Å²) in [5.41, 5.74) is 7.13. The van der Waals surface area contributed by atoms with E-state index in [2.05, 4.69) is 10.1 Å². The number of anilines is 1. The minimum absolute atomic E-state index is 0.0179. The molecular formula is C13H10F2N4O. The van der Waals surface area contributed by atoms with E-state index in [4.69, 9.17) is 10.3 Å². The van der Waals surface area contributed by atoms with E-state index in [1.807, 2.05) is 0 Å². The zero-order chi connectivity index (χ0) is 14.3. The molecule has 3 aromatic rings. The lowest BCUT2D eigenvalue weighted by atomic mass is 10.0. The van der Waals surface area contributed by atoms with Crippen molar-refractivity contribution in [2.45, 2.75) is 0 Å². The fraction of sp³-hybridized carbons (Fsp3) is 0.0769. The van der Waals surface area contributed by atoms with Crippen molar-refractivity contribution in [3.63, 3.8) is 0 Å². The number of rotatable bonds is 2. The van der Waals surface area contributed by atoms with E-state index in [9.17, 15) is 8.78 Å². The Balaban J connectivity index is 2.21. The summed E-state index contributed by atoms with van der Waals surface area (Å²) >= 11 is 0. The van der Waals surface area contributed by atoms with Gasteiger partial charge in [0, 0.05) is 19.3 Å². The smallest absolute Gasteiger partial charge is 0.230 e. The molecule has 0 saturated heterocycles. The molecule has 0 bridgehead atoms. The van der Waals surface area contributed by atoms with Crippen LogP contribution in [0.25, 0.3) is 22.5 Å². The third-order valence-electron chi connectivity index (χ3n) is 2.82. The summed E-state index contributed by atoms with van der Waals surface area (Å²) in [6.45, 7) is 0. The van der Waals surface area contributed by atoms with Crippen LogP contribution < -0.4 is 5.73 Å². The average molecular weight is 276 g/mol. The van der Waals surface area contributed by atoms with Crippen molar-refractivity contribution >= 4 is 5.88 Å². The minimum Gasteiger partial charge on any atom is -0.367 e. The molecule has 0 amide bonds. The van der Waals surface area contributed by atoms with Crippen LogP contribution in [0, 0.1) is 11.6 Å². The van der Waals surface area contributed by atoms with Crippen molar-refractivity contribution in [3.8, 4) is 22.5 Å². The van der Waals surface area contributed by atoms with Crippen LogP contribution in [0.3, 0.4) is 0 Å². The second-order valence-electron chi connectivity index (χ2n) is 4.35. The quantitative estimate of drug-likeness (QED) is 0.781. The SMILES string of the molecule is Cn1cnc(-c2noc(N)c2-c2cc(F)cc(F)c2)c1. The Labute approximate surface area is 112 Å². The molecule has 0 fully saturated rings. The monoisotopic (exact) mass is 276 g/mol. The number of nitrogens with two attached hydrogens (primary N) is 1. The van der Waals surface area contributed by atoms with Crippen LogP contribution in [-0.4, -0.2) is 14.7 Å². The highest BCUT2D eigenvalue weighted by atomic mass is 19.1. The highest BCUT2D eigenvalue weighted by molar-refractivity contribution is 5.85. The molecule has 0 aliphatic carbocycles. The zero-order valence-electron chi connectivity index (χ0n) is 10.5. The van der Waals surface area contributed by atoms with E-state index >= 15 is 0 Å². The largest absolute Gasteiger partial charge is 0.367 e. The van der Waals surface area contributed by atoms with E-state index in [1.54, 1.807) is 24.1 Å². The zero-order valence-corrected chi connectivity index (χ0v) is 10.5. The second-order valence-corrected chi connectivity index (χ2v) is 4.35. The first-order valence-electron chi connectivity index (χ1n) is 5.74. The molecule has 102 valence electrons. The highest BCUT2D eigenvalue weighted by Gasteiger charge is 2.20. The molecule has 5 nitrogen and oxygen atoms in total. The van der Waals surface area contributed by atoms with Gasteiger partial charge in [0.2, 0.25) is 5.88 Å². The van der Waals surface area contributed by atoms with E-state index in [0.717, 1.165) is 6.07 Å². The van der Waals surface area contributed by atoms with Gasteiger partial charge in [-0.15, -0.1) is 0 Å². The molecule has 0 spiro atoms. The molecule has 20 heavy (non-hydrogen) atoms. The maximum Gasteiger partial charge on any atom is 0.230 e. The van der Waals surface area contributed by atoms with Crippen molar-refractivity contribution in [3.05, 3.63) is 42.4 Å². The average Bonchev–Trinajstić information content (AvgIpc) is 2.94. The number of benzene rings is 1. The van der Waals surface area contributed by atoms with Gasteiger partial charge in [0.05, 0.1) is 11.9 Å². The van der Waals surface area contributed by atoms with Gasteiger partial charge in [0.1, 0.15) is 23.0 Å². The first-order chi connectivity index (χ1) is 9.54. The number of halogens is 2. The third kappa shape index (κ3) is 2.03. The van der Waals surface area contributed by atoms with Gasteiger partial charge in [-0.05, 0) is 17.7 Å². The van der Waals surface area contributed by atoms with Crippen LogP contribution in [0.1, 0.15) is 0 Å². The van der Waals surface area contributed by atoms with Crippen LogP contribution in [0.15, 0.2) is 35.2 Å². The summed E-state index contributed by atoms with van der Waals surface area (Å²) in [7, 11) is 1.79. The Morgan fingerprint density at radius 2 is 1.90 bits per heavy atom. The molecule has 1 aromatic carbocycles. The van der Waals surface area contributed by atoms with Crippen LogP contribution in [0.2, 0.25) is 0 Å². The lowest BCUT2D eigenvalue weighted by Gasteiger charge is -2.02. The highest BCUT2D eigenvalue weighted by Crippen LogP contribution is 2.35. The molecule has 0 aliphatic rings. The first kappa shape index (κ1) is 12.3. The third-order valence-corrected chi connectivity index (χ3v) is 2.82. The van der Waals surface area contributed by atoms with Crippen LogP contribution in [0.5, 0.6) is 0 Å². The number of nitrogens with zero attached hydrogens (tertiary/aromatic N) is 3. The molecule has 0 aliphatic heterocycles. The number of aromatic nitrogens is 3. The summed E-state index contributed by atoms with van der Waals surface area (Å²) in [5, 5.41) is 3.81. The lowest BCUT2D eigenvalue weighted by molar-refractivity contribution is 0.439. The predicted octanol–water partition coefficient (Wildman–Crippen LogP) is 2.60. The van der Waals surface area contributed by atoms with Crippen LogP contribution >= 0.6 is 0 Å². The van der Waals surface area contributed by atoms with Crippen molar-refractivity contribution in [1.82, 2.24) is 14.7 Å². The number of aryl methyl sites for hydroxylation is 1. The number of nitrogen functional groups attached to an aromatic ring is 1. The minimum atomic E-state index is -0.701. The number of hydrogen-bond donors (Lipinski definition) is 1. The standard InChI is InChI=1S/C13H10F2N4O/c1-19-5-10(17-6-19)12-11(13(16)20-18-12)7-2-8(14)4-9(15)3-7/h2-6H,16H2,1H3. The molecule has 3 rings (SSSR count). The summed E-state index contributed by atoms with van der Waals surface area (Å²) < 4.78 is 33.3. The van der Waals surface area contributed by atoms with Gasteiger partial charge < -0.3 is 14.8 Å². The molecule has 2 N–H and O–H groups in total. The maximum absolute atomic E-state index is 13.3. The molecule has 7 heteroatoms. The molecule has 2 aromatic heterocycles. The van der Waals surface area contributed by atoms with Gasteiger partial charge in [0.25, 0.3) is 0 Å². The molecule has 0 unspecified atom stereocenters. The second kappa shape index (κ2) is 4.44. The number of hydrogen-bond acceptors (Lipinski definition) is 4. The molecule has 0 saturated carbocycles. The van der Waals surface area contributed by atoms with Crippen molar-refractivity contribution in [2.24, 2.45) is 7.05 Å². The van der Waals surface area contributed by atoms with E-state index in [0.29, 0.717) is 17.0 Å². The van der Waals surface area contributed by atoms with E-state index in [1.165, 1.54) is 12.1 Å². The van der Waals surface area contributed by atoms with Crippen molar-refractivity contribution in [1.29, 1.82) is 0 Å². The van der Waals surface area contributed by atoms with Gasteiger partial charge in [-0.1, -0.05) is 5.16 Å². The summed E-state index contributed by atoms with van der Waals surface area (Å²) in [5.74, 6) is -1.42. The lowest BCUT2D eigenvalue weighted by Crippen LogP contribution is -1.90. The fourth-order valence-electron chi connectivity index (χ4n) is 1.99. The van der Waals surface area contributed by atoms with Crippen molar-refractivity contribution < 1.29 is 13.3 Å². The molecule has 0 atom stereocenters. The Morgan fingerprint density at radius 1 is 1.20 bits per heavy atom. The van der Waals surface area contributed by atoms with Gasteiger partial charge >= 0.3 is 0 Å². The maximum atomic E-state index is 13.3. The topological polar surface area (TPSA) is 69.9 Å². The summed E-state index contributed by atoms with van der Waals surface area (Å²) in [6.07, 6.45) is 3.28. The van der Waals surface area contributed by atoms with Gasteiger partial charge in [-0.25, -0.2) is 13.8 Å².